The molecule has 19 heavy (non-hydrogen) atoms. The standard InChI is InChI=1S/C14H19ClN2O2/c15-12-6-2-3-7-13(12)16-14(18)19-11-10-17-8-4-1-5-9-17/h2-3,6-7H,1,4-5,8-11H2,(H,16,18). The van der Waals surface area contributed by atoms with Crippen LogP contribution in [0.25, 0.3) is 0 Å². The Morgan fingerprint density at radius 2 is 2.00 bits per heavy atom. The number of ether oxygens (including phenoxy) is 1. The van der Waals surface area contributed by atoms with Crippen molar-refractivity contribution in [2.24, 2.45) is 0 Å². The average Bonchev–Trinajstić information content (AvgIpc) is 2.43. The molecule has 0 bridgehead atoms. The first-order chi connectivity index (χ1) is 9.25. The lowest BCUT2D eigenvalue weighted by Gasteiger charge is -2.25. The Balaban J connectivity index is 1.68. The molecule has 1 heterocycles. The number of anilines is 1. The summed E-state index contributed by atoms with van der Waals surface area (Å²) in [5.41, 5.74) is 0.576. The molecular weight excluding hydrogens is 264 g/mol. The minimum atomic E-state index is -0.454. The zero-order chi connectivity index (χ0) is 13.5. The highest BCUT2D eigenvalue weighted by molar-refractivity contribution is 6.33. The van der Waals surface area contributed by atoms with Gasteiger partial charge in [0.2, 0.25) is 0 Å². The maximum atomic E-state index is 11.6. The Bertz CT molecular complexity index is 420. The Hall–Kier alpha value is -1.26. The van der Waals surface area contributed by atoms with Gasteiger partial charge in [0.1, 0.15) is 6.61 Å². The molecule has 1 aromatic rings. The number of para-hydroxylation sites is 1. The second-order valence-electron chi connectivity index (χ2n) is 4.64. The second-order valence-corrected chi connectivity index (χ2v) is 5.05. The lowest BCUT2D eigenvalue weighted by atomic mass is 10.1. The molecule has 0 radical (unpaired) electrons. The summed E-state index contributed by atoms with van der Waals surface area (Å²) < 4.78 is 5.15. The third kappa shape index (κ3) is 4.73. The molecule has 4 nitrogen and oxygen atoms in total. The minimum Gasteiger partial charge on any atom is -0.448 e. The van der Waals surface area contributed by atoms with E-state index >= 15 is 0 Å². The fourth-order valence-corrected chi connectivity index (χ4v) is 2.34. The van der Waals surface area contributed by atoms with Crippen molar-refractivity contribution in [1.29, 1.82) is 0 Å². The quantitative estimate of drug-likeness (QED) is 0.920. The summed E-state index contributed by atoms with van der Waals surface area (Å²) in [7, 11) is 0. The van der Waals surface area contributed by atoms with Crippen LogP contribution < -0.4 is 5.32 Å². The fourth-order valence-electron chi connectivity index (χ4n) is 2.16. The highest BCUT2D eigenvalue weighted by Crippen LogP contribution is 2.20. The van der Waals surface area contributed by atoms with E-state index in [0.29, 0.717) is 17.3 Å². The number of rotatable bonds is 4. The first kappa shape index (κ1) is 14.2. The predicted octanol–water partition coefficient (Wildman–Crippen LogP) is 3.37. The maximum Gasteiger partial charge on any atom is 0.411 e. The van der Waals surface area contributed by atoms with Crippen molar-refractivity contribution in [3.8, 4) is 0 Å². The molecule has 0 atom stereocenters. The summed E-state index contributed by atoms with van der Waals surface area (Å²) in [5.74, 6) is 0. The molecule has 1 amide bonds. The Labute approximate surface area is 118 Å². The monoisotopic (exact) mass is 282 g/mol. The molecule has 1 N–H and O–H groups in total. The highest BCUT2D eigenvalue weighted by atomic mass is 35.5. The van der Waals surface area contributed by atoms with Gasteiger partial charge in [-0.1, -0.05) is 30.2 Å². The number of hydrogen-bond acceptors (Lipinski definition) is 3. The van der Waals surface area contributed by atoms with E-state index in [1.807, 2.05) is 12.1 Å². The Morgan fingerprint density at radius 3 is 2.74 bits per heavy atom. The minimum absolute atomic E-state index is 0.413. The van der Waals surface area contributed by atoms with Crippen LogP contribution in [0.4, 0.5) is 10.5 Å². The van der Waals surface area contributed by atoms with Crippen LogP contribution in [-0.4, -0.2) is 37.2 Å². The van der Waals surface area contributed by atoms with E-state index in [-0.39, 0.29) is 0 Å². The lowest BCUT2D eigenvalue weighted by Crippen LogP contribution is -2.33. The molecule has 1 aliphatic rings. The zero-order valence-electron chi connectivity index (χ0n) is 10.9. The molecule has 0 aliphatic carbocycles. The molecule has 104 valence electrons. The van der Waals surface area contributed by atoms with E-state index < -0.39 is 6.09 Å². The number of carbonyl (C=O) groups is 1. The molecule has 5 heteroatoms. The molecule has 1 aliphatic heterocycles. The van der Waals surface area contributed by atoms with Crippen molar-refractivity contribution < 1.29 is 9.53 Å². The van der Waals surface area contributed by atoms with Crippen LogP contribution in [-0.2, 0) is 4.74 Å². The molecule has 1 fully saturated rings. The van der Waals surface area contributed by atoms with Crippen LogP contribution in [0.15, 0.2) is 24.3 Å². The van der Waals surface area contributed by atoms with Crippen molar-refractivity contribution in [2.45, 2.75) is 19.3 Å². The zero-order valence-corrected chi connectivity index (χ0v) is 11.7. The number of benzene rings is 1. The second kappa shape index (κ2) is 7.36. The van der Waals surface area contributed by atoms with E-state index in [2.05, 4.69) is 10.2 Å². The summed E-state index contributed by atoms with van der Waals surface area (Å²) in [5, 5.41) is 3.15. The van der Waals surface area contributed by atoms with Crippen LogP contribution in [0.3, 0.4) is 0 Å². The van der Waals surface area contributed by atoms with E-state index in [1.165, 1.54) is 19.3 Å². The molecule has 2 rings (SSSR count). The number of halogens is 1. The third-order valence-electron chi connectivity index (χ3n) is 3.20. The summed E-state index contributed by atoms with van der Waals surface area (Å²) in [6, 6.07) is 7.10. The van der Waals surface area contributed by atoms with Crippen molar-refractivity contribution in [3.05, 3.63) is 29.3 Å². The fraction of sp³-hybridized carbons (Fsp3) is 0.500. The van der Waals surface area contributed by atoms with Gasteiger partial charge in [0.15, 0.2) is 0 Å². The molecule has 1 aromatic carbocycles. The van der Waals surface area contributed by atoms with Crippen LogP contribution in [0.5, 0.6) is 0 Å². The smallest absolute Gasteiger partial charge is 0.411 e. The van der Waals surface area contributed by atoms with Gasteiger partial charge in [-0.05, 0) is 38.1 Å². The maximum absolute atomic E-state index is 11.6. The van der Waals surface area contributed by atoms with Crippen LogP contribution in [0.1, 0.15) is 19.3 Å². The first-order valence-corrected chi connectivity index (χ1v) is 7.04. The summed E-state index contributed by atoms with van der Waals surface area (Å²) in [6.07, 6.45) is 3.34. The molecule has 1 saturated heterocycles. The lowest BCUT2D eigenvalue weighted by molar-refractivity contribution is 0.131. The van der Waals surface area contributed by atoms with Gasteiger partial charge in [0.25, 0.3) is 0 Å². The summed E-state index contributed by atoms with van der Waals surface area (Å²) >= 11 is 5.95. The number of carbonyl (C=O) groups excluding carboxylic acids is 1. The number of hydrogen-bond donors (Lipinski definition) is 1. The molecular formula is C14H19ClN2O2. The third-order valence-corrected chi connectivity index (χ3v) is 3.53. The summed E-state index contributed by atoms with van der Waals surface area (Å²) in [4.78, 5) is 13.9. The molecule has 0 saturated carbocycles. The number of likely N-dealkylation sites (tertiary alicyclic amines) is 1. The van der Waals surface area contributed by atoms with E-state index in [4.69, 9.17) is 16.3 Å². The Kier molecular flexibility index (Phi) is 5.48. The van der Waals surface area contributed by atoms with Gasteiger partial charge in [-0.2, -0.15) is 0 Å². The van der Waals surface area contributed by atoms with Crippen LogP contribution in [0.2, 0.25) is 5.02 Å². The van der Waals surface area contributed by atoms with Crippen molar-refractivity contribution in [2.75, 3.05) is 31.6 Å². The number of nitrogens with zero attached hydrogens (tertiary/aromatic N) is 1. The van der Waals surface area contributed by atoms with E-state index in [0.717, 1.165) is 19.6 Å². The molecule has 0 aromatic heterocycles. The predicted molar refractivity (Wildman–Crippen MR) is 76.7 cm³/mol. The summed E-state index contributed by atoms with van der Waals surface area (Å²) in [6.45, 7) is 3.43. The van der Waals surface area contributed by atoms with Crippen LogP contribution in [0, 0.1) is 0 Å². The molecule has 0 unspecified atom stereocenters. The van der Waals surface area contributed by atoms with Crippen molar-refractivity contribution in [1.82, 2.24) is 4.90 Å². The SMILES string of the molecule is O=C(Nc1ccccc1Cl)OCCN1CCCCC1. The van der Waals surface area contributed by atoms with Crippen molar-refractivity contribution >= 4 is 23.4 Å². The first-order valence-electron chi connectivity index (χ1n) is 6.66. The van der Waals surface area contributed by atoms with Gasteiger partial charge >= 0.3 is 6.09 Å². The van der Waals surface area contributed by atoms with Gasteiger partial charge in [-0.3, -0.25) is 10.2 Å². The van der Waals surface area contributed by atoms with Gasteiger partial charge in [0.05, 0.1) is 10.7 Å². The van der Waals surface area contributed by atoms with Gasteiger partial charge < -0.3 is 4.74 Å². The van der Waals surface area contributed by atoms with Gasteiger partial charge in [-0.25, -0.2) is 4.79 Å². The van der Waals surface area contributed by atoms with E-state index in [1.54, 1.807) is 12.1 Å². The molecule has 0 spiro atoms. The largest absolute Gasteiger partial charge is 0.448 e. The van der Waals surface area contributed by atoms with E-state index in [9.17, 15) is 4.79 Å². The average molecular weight is 283 g/mol. The van der Waals surface area contributed by atoms with Crippen LogP contribution >= 0.6 is 11.6 Å². The normalized spacial score (nSPS) is 16.1. The topological polar surface area (TPSA) is 41.6 Å². The van der Waals surface area contributed by atoms with Gasteiger partial charge in [-0.15, -0.1) is 0 Å². The number of amides is 1. The number of piperidine rings is 1. The van der Waals surface area contributed by atoms with Gasteiger partial charge in [0, 0.05) is 6.54 Å². The number of nitrogens with one attached hydrogen (secondary N) is 1. The van der Waals surface area contributed by atoms with Crippen molar-refractivity contribution in [3.63, 3.8) is 0 Å². The highest BCUT2D eigenvalue weighted by Gasteiger charge is 2.11. The Morgan fingerprint density at radius 1 is 1.26 bits per heavy atom.